The van der Waals surface area contributed by atoms with E-state index in [4.69, 9.17) is 9.84 Å². The Morgan fingerprint density at radius 3 is 2.36 bits per heavy atom. The predicted octanol–water partition coefficient (Wildman–Crippen LogP) is -0.627. The van der Waals surface area contributed by atoms with Gasteiger partial charge in [-0.2, -0.15) is 0 Å². The Kier molecular flexibility index (Phi) is 5.07. The van der Waals surface area contributed by atoms with E-state index >= 15 is 0 Å². The third-order valence-corrected chi connectivity index (χ3v) is 7.34. The number of rotatable bonds is 8. The first-order valence-electron chi connectivity index (χ1n) is 7.67. The van der Waals surface area contributed by atoms with Gasteiger partial charge in [-0.25, -0.2) is 13.2 Å². The Balaban J connectivity index is 2.03. The molecule has 10 nitrogen and oxygen atoms in total. The molecule has 2 heterocycles. The number of carboxylic acid groups (broad SMARTS) is 2. The SMILES string of the molecule is CC1(COC(=O)CCCCC(=O)O)C(C(=O)O)N2C(=O)CC2S1(=O)=O. The molecule has 0 bridgehead atoms. The Bertz CT molecular complexity index is 716. The van der Waals surface area contributed by atoms with E-state index in [0.717, 1.165) is 11.8 Å². The smallest absolute Gasteiger partial charge is 0.328 e. The molecule has 0 spiro atoms. The van der Waals surface area contributed by atoms with Crippen molar-refractivity contribution in [2.45, 2.75) is 55.2 Å². The fourth-order valence-corrected chi connectivity index (χ4v) is 5.38. The Morgan fingerprint density at radius 2 is 1.84 bits per heavy atom. The number of aliphatic carboxylic acids is 2. The van der Waals surface area contributed by atoms with E-state index in [1.165, 1.54) is 0 Å². The van der Waals surface area contributed by atoms with Gasteiger partial charge in [-0.1, -0.05) is 0 Å². The number of β-lactam (4-membered cyclic amide) rings is 1. The van der Waals surface area contributed by atoms with E-state index in [1.807, 2.05) is 0 Å². The lowest BCUT2D eigenvalue weighted by Gasteiger charge is -2.35. The standard InChI is InChI=1S/C14H19NO9S/c1-14(7-24-11(19)5-3-2-4-10(17)18)12(13(20)21)15-8(16)6-9(15)25(14,22)23/h9,12H,2-7H2,1H3,(H,17,18)(H,20,21). The molecule has 0 aromatic heterocycles. The maximum absolute atomic E-state index is 12.6. The highest BCUT2D eigenvalue weighted by molar-refractivity contribution is 7.94. The number of ether oxygens (including phenoxy) is 1. The van der Waals surface area contributed by atoms with E-state index in [0.29, 0.717) is 0 Å². The summed E-state index contributed by atoms with van der Waals surface area (Å²) in [6.45, 7) is 0.481. The van der Waals surface area contributed by atoms with Crippen molar-refractivity contribution in [3.05, 3.63) is 0 Å². The van der Waals surface area contributed by atoms with Crippen LogP contribution >= 0.6 is 0 Å². The fourth-order valence-electron chi connectivity index (χ4n) is 3.11. The summed E-state index contributed by atoms with van der Waals surface area (Å²) in [5, 5.41) is 16.7. The molecule has 25 heavy (non-hydrogen) atoms. The van der Waals surface area contributed by atoms with Crippen molar-refractivity contribution in [3.8, 4) is 0 Å². The number of sulfone groups is 1. The summed E-state index contributed by atoms with van der Waals surface area (Å²) in [7, 11) is -4.02. The van der Waals surface area contributed by atoms with Crippen molar-refractivity contribution in [3.63, 3.8) is 0 Å². The van der Waals surface area contributed by atoms with Gasteiger partial charge in [0.25, 0.3) is 0 Å². The van der Waals surface area contributed by atoms with E-state index in [1.54, 1.807) is 0 Å². The van der Waals surface area contributed by atoms with Crippen LogP contribution in [0.5, 0.6) is 0 Å². The molecule has 2 N–H and O–H groups in total. The minimum atomic E-state index is -4.02. The first-order valence-corrected chi connectivity index (χ1v) is 9.22. The molecule has 2 aliphatic heterocycles. The molecule has 2 rings (SSSR count). The second-order valence-corrected chi connectivity index (χ2v) is 8.89. The zero-order chi connectivity index (χ0) is 19.0. The highest BCUT2D eigenvalue weighted by atomic mass is 32.2. The van der Waals surface area contributed by atoms with Crippen LogP contribution in [0.2, 0.25) is 0 Å². The number of esters is 1. The summed E-state index contributed by atoms with van der Waals surface area (Å²) in [5.41, 5.74) is 0. The molecule has 0 saturated carbocycles. The number of carbonyl (C=O) groups excluding carboxylic acids is 2. The summed E-state index contributed by atoms with van der Waals surface area (Å²) in [4.78, 5) is 46.0. The van der Waals surface area contributed by atoms with E-state index in [9.17, 15) is 32.7 Å². The monoisotopic (exact) mass is 377 g/mol. The van der Waals surface area contributed by atoms with Gasteiger partial charge in [-0.3, -0.25) is 14.4 Å². The number of unbranched alkanes of at least 4 members (excludes halogenated alkanes) is 1. The Morgan fingerprint density at radius 1 is 1.24 bits per heavy atom. The normalized spacial score (nSPS) is 29.6. The average molecular weight is 377 g/mol. The third kappa shape index (κ3) is 3.20. The van der Waals surface area contributed by atoms with Crippen molar-refractivity contribution in [2.24, 2.45) is 0 Å². The van der Waals surface area contributed by atoms with Crippen molar-refractivity contribution in [2.75, 3.05) is 6.61 Å². The quantitative estimate of drug-likeness (QED) is 0.319. The molecule has 2 aliphatic rings. The van der Waals surface area contributed by atoms with Crippen molar-refractivity contribution in [1.82, 2.24) is 4.90 Å². The highest BCUT2D eigenvalue weighted by Crippen LogP contribution is 2.46. The molecule has 3 atom stereocenters. The molecule has 2 fully saturated rings. The van der Waals surface area contributed by atoms with E-state index < -0.39 is 56.4 Å². The highest BCUT2D eigenvalue weighted by Gasteiger charge is 2.70. The van der Waals surface area contributed by atoms with Gasteiger partial charge in [-0.05, 0) is 19.8 Å². The topological polar surface area (TPSA) is 155 Å². The van der Waals surface area contributed by atoms with Crippen LogP contribution in [0.25, 0.3) is 0 Å². The molecule has 3 unspecified atom stereocenters. The molecule has 0 aromatic carbocycles. The molecular weight excluding hydrogens is 358 g/mol. The minimum Gasteiger partial charge on any atom is -0.481 e. The van der Waals surface area contributed by atoms with Crippen LogP contribution in [0.4, 0.5) is 0 Å². The minimum absolute atomic E-state index is 0.0980. The van der Waals surface area contributed by atoms with Crippen LogP contribution in [0, 0.1) is 0 Å². The van der Waals surface area contributed by atoms with Crippen molar-refractivity contribution >= 4 is 33.7 Å². The van der Waals surface area contributed by atoms with Gasteiger partial charge in [0, 0.05) is 12.8 Å². The van der Waals surface area contributed by atoms with Crippen LogP contribution in [0.15, 0.2) is 0 Å². The molecule has 1 amide bonds. The maximum atomic E-state index is 12.6. The van der Waals surface area contributed by atoms with Crippen LogP contribution < -0.4 is 0 Å². The lowest BCUT2D eigenvalue weighted by Crippen LogP contribution is -2.58. The predicted molar refractivity (Wildman–Crippen MR) is 81.1 cm³/mol. The average Bonchev–Trinajstić information content (AvgIpc) is 2.64. The number of amides is 1. The second kappa shape index (κ2) is 6.62. The Labute approximate surface area is 143 Å². The number of carboxylic acids is 2. The molecule has 0 aliphatic carbocycles. The zero-order valence-corrected chi connectivity index (χ0v) is 14.3. The van der Waals surface area contributed by atoms with Crippen LogP contribution in [-0.4, -0.2) is 70.1 Å². The summed E-state index contributed by atoms with van der Waals surface area (Å²) < 4.78 is 28.2. The summed E-state index contributed by atoms with van der Waals surface area (Å²) in [6.07, 6.45) is 0.0452. The molecule has 0 radical (unpaired) electrons. The van der Waals surface area contributed by atoms with Gasteiger partial charge in [0.05, 0.1) is 6.42 Å². The lowest BCUT2D eigenvalue weighted by molar-refractivity contribution is -0.159. The molecule has 2 saturated heterocycles. The van der Waals surface area contributed by atoms with Gasteiger partial charge in [0.15, 0.2) is 15.9 Å². The Hall–Kier alpha value is -2.17. The number of nitrogens with zero attached hydrogens (tertiary/aromatic N) is 1. The van der Waals surface area contributed by atoms with Gasteiger partial charge >= 0.3 is 17.9 Å². The van der Waals surface area contributed by atoms with Crippen LogP contribution in [0.3, 0.4) is 0 Å². The van der Waals surface area contributed by atoms with Crippen molar-refractivity contribution in [1.29, 1.82) is 0 Å². The third-order valence-electron chi connectivity index (χ3n) is 4.59. The molecule has 11 heteroatoms. The van der Waals surface area contributed by atoms with Gasteiger partial charge < -0.3 is 19.8 Å². The maximum Gasteiger partial charge on any atom is 0.328 e. The second-order valence-electron chi connectivity index (χ2n) is 6.32. The van der Waals surface area contributed by atoms with Gasteiger partial charge in [0.1, 0.15) is 16.7 Å². The zero-order valence-electron chi connectivity index (χ0n) is 13.5. The van der Waals surface area contributed by atoms with Crippen molar-refractivity contribution < 1.29 is 42.5 Å². The molecule has 0 aromatic rings. The first-order chi connectivity index (χ1) is 11.5. The summed E-state index contributed by atoms with van der Waals surface area (Å²) in [6, 6.07) is -1.61. The van der Waals surface area contributed by atoms with E-state index in [-0.39, 0.29) is 32.1 Å². The number of hydrogen-bond acceptors (Lipinski definition) is 7. The lowest BCUT2D eigenvalue weighted by atomic mass is 9.97. The van der Waals surface area contributed by atoms with E-state index in [2.05, 4.69) is 0 Å². The number of fused-ring (bicyclic) bond motifs is 1. The summed E-state index contributed by atoms with van der Waals surface area (Å²) >= 11 is 0. The fraction of sp³-hybridized carbons (Fsp3) is 0.714. The molecular formula is C14H19NO9S. The number of hydrogen-bond donors (Lipinski definition) is 2. The summed E-state index contributed by atoms with van der Waals surface area (Å²) in [5.74, 6) is -3.77. The van der Waals surface area contributed by atoms with Gasteiger partial charge in [-0.15, -0.1) is 0 Å². The van der Waals surface area contributed by atoms with Crippen LogP contribution in [0.1, 0.15) is 39.0 Å². The largest absolute Gasteiger partial charge is 0.481 e. The number of carbonyl (C=O) groups is 4. The van der Waals surface area contributed by atoms with Gasteiger partial charge in [0.2, 0.25) is 5.91 Å². The van der Waals surface area contributed by atoms with Crippen LogP contribution in [-0.2, 0) is 33.8 Å². The molecule has 140 valence electrons. The first kappa shape index (κ1) is 19.2.